The van der Waals surface area contributed by atoms with E-state index in [2.05, 4.69) is 22.0 Å². The number of nitrogens with two attached hydrogens (primary N) is 1. The third-order valence-corrected chi connectivity index (χ3v) is 0.819. The van der Waals surface area contributed by atoms with Crippen LogP contribution in [0.25, 0.3) is 0 Å². The molecule has 5 nitrogen and oxygen atoms in total. The monoisotopic (exact) mass is 156 g/mol. The Balaban J connectivity index is 4.22. The number of ether oxygens (including phenoxy) is 1. The standard InChI is InChI=1S/C6H8N2O3/c1-4(2)5(8-3-9)11-6(7)10/h5H,1H2,2H3,(H2,7,10). The van der Waals surface area contributed by atoms with Crippen LogP contribution in [0.3, 0.4) is 0 Å². The number of amides is 1. The molecule has 0 rings (SSSR count). The van der Waals surface area contributed by atoms with E-state index < -0.39 is 12.3 Å². The average Bonchev–Trinajstić information content (AvgIpc) is 1.86. The second-order valence-corrected chi connectivity index (χ2v) is 1.86. The van der Waals surface area contributed by atoms with E-state index in [0.717, 1.165) is 0 Å². The highest BCUT2D eigenvalue weighted by Crippen LogP contribution is 2.03. The highest BCUT2D eigenvalue weighted by molar-refractivity contribution is 5.65. The van der Waals surface area contributed by atoms with Gasteiger partial charge in [0.25, 0.3) is 0 Å². The van der Waals surface area contributed by atoms with E-state index in [4.69, 9.17) is 0 Å². The summed E-state index contributed by atoms with van der Waals surface area (Å²) in [6, 6.07) is 0. The van der Waals surface area contributed by atoms with Crippen molar-refractivity contribution in [1.82, 2.24) is 0 Å². The molecule has 5 heteroatoms. The van der Waals surface area contributed by atoms with Crippen LogP contribution in [0.4, 0.5) is 4.79 Å². The van der Waals surface area contributed by atoms with E-state index in [0.29, 0.717) is 5.57 Å². The Kier molecular flexibility index (Phi) is 3.62. The van der Waals surface area contributed by atoms with Gasteiger partial charge >= 0.3 is 6.09 Å². The zero-order chi connectivity index (χ0) is 8.85. The van der Waals surface area contributed by atoms with Crippen molar-refractivity contribution in [3.8, 4) is 0 Å². The number of hydrogen-bond donors (Lipinski definition) is 1. The van der Waals surface area contributed by atoms with Gasteiger partial charge in [0.15, 0.2) is 0 Å². The van der Waals surface area contributed by atoms with Crippen LogP contribution in [-0.2, 0) is 9.53 Å². The molecule has 0 heterocycles. The fraction of sp³-hybridized carbons (Fsp3) is 0.333. The van der Waals surface area contributed by atoms with Crippen LogP contribution in [0.2, 0.25) is 0 Å². The smallest absolute Gasteiger partial charge is 0.406 e. The van der Waals surface area contributed by atoms with E-state index >= 15 is 0 Å². The Hall–Kier alpha value is -1.61. The minimum Gasteiger partial charge on any atom is -0.419 e. The van der Waals surface area contributed by atoms with Gasteiger partial charge < -0.3 is 10.5 Å². The normalized spacial score (nSPS) is 11.0. The van der Waals surface area contributed by atoms with Crippen LogP contribution in [0.15, 0.2) is 17.1 Å². The Morgan fingerprint density at radius 2 is 2.36 bits per heavy atom. The van der Waals surface area contributed by atoms with Gasteiger partial charge in [0.05, 0.1) is 0 Å². The summed E-state index contributed by atoms with van der Waals surface area (Å²) in [5.41, 5.74) is 5.08. The molecule has 11 heavy (non-hydrogen) atoms. The van der Waals surface area contributed by atoms with Crippen molar-refractivity contribution in [3.63, 3.8) is 0 Å². The van der Waals surface area contributed by atoms with Crippen LogP contribution in [0, 0.1) is 0 Å². The number of primary amides is 1. The molecule has 0 fully saturated rings. The van der Waals surface area contributed by atoms with Crippen LogP contribution < -0.4 is 5.73 Å². The lowest BCUT2D eigenvalue weighted by Gasteiger charge is -2.08. The molecule has 60 valence electrons. The fourth-order valence-corrected chi connectivity index (χ4v) is 0.395. The minimum atomic E-state index is -1.01. The van der Waals surface area contributed by atoms with Crippen LogP contribution >= 0.6 is 0 Å². The lowest BCUT2D eigenvalue weighted by atomic mass is 10.3. The van der Waals surface area contributed by atoms with E-state index in [1.54, 1.807) is 6.92 Å². The molecule has 1 atom stereocenters. The van der Waals surface area contributed by atoms with Crippen LogP contribution in [-0.4, -0.2) is 18.4 Å². The Labute approximate surface area is 63.5 Å². The largest absolute Gasteiger partial charge is 0.419 e. The molecule has 0 aliphatic rings. The first-order valence-corrected chi connectivity index (χ1v) is 2.76. The summed E-state index contributed by atoms with van der Waals surface area (Å²) < 4.78 is 4.36. The van der Waals surface area contributed by atoms with Gasteiger partial charge in [0.2, 0.25) is 12.3 Å². The molecule has 0 aromatic heterocycles. The molecule has 0 aromatic carbocycles. The van der Waals surface area contributed by atoms with Crippen molar-refractivity contribution in [1.29, 1.82) is 0 Å². The van der Waals surface area contributed by atoms with Crippen molar-refractivity contribution < 1.29 is 14.3 Å². The third kappa shape index (κ3) is 3.89. The van der Waals surface area contributed by atoms with Gasteiger partial charge in [0.1, 0.15) is 0 Å². The quantitative estimate of drug-likeness (QED) is 0.363. The molecule has 2 N–H and O–H groups in total. The molecule has 0 radical (unpaired) electrons. The molecule has 1 unspecified atom stereocenters. The Bertz CT molecular complexity index is 216. The number of hydrogen-bond acceptors (Lipinski definition) is 4. The molecule has 0 spiro atoms. The first-order valence-electron chi connectivity index (χ1n) is 2.76. The second-order valence-electron chi connectivity index (χ2n) is 1.86. The molecule has 0 aliphatic carbocycles. The Morgan fingerprint density at radius 3 is 2.64 bits per heavy atom. The van der Waals surface area contributed by atoms with Crippen molar-refractivity contribution in [3.05, 3.63) is 12.2 Å². The predicted octanol–water partition coefficient (Wildman–Crippen LogP) is 0.320. The number of rotatable bonds is 3. The van der Waals surface area contributed by atoms with Gasteiger partial charge in [-0.3, -0.25) is 0 Å². The molecular weight excluding hydrogens is 148 g/mol. The minimum absolute atomic E-state index is 0.409. The molecule has 0 saturated carbocycles. The van der Waals surface area contributed by atoms with Gasteiger partial charge in [-0.1, -0.05) is 6.58 Å². The van der Waals surface area contributed by atoms with Gasteiger partial charge in [-0.15, -0.1) is 0 Å². The maximum absolute atomic E-state index is 10.2. The second kappa shape index (κ2) is 4.24. The highest BCUT2D eigenvalue weighted by Gasteiger charge is 2.10. The lowest BCUT2D eigenvalue weighted by molar-refractivity contribution is 0.128. The van der Waals surface area contributed by atoms with E-state index in [-0.39, 0.29) is 0 Å². The lowest BCUT2D eigenvalue weighted by Crippen LogP contribution is -2.21. The number of aliphatic imine (C=N–C) groups is 1. The molecule has 0 saturated heterocycles. The summed E-state index contributed by atoms with van der Waals surface area (Å²) in [5, 5.41) is 0. The van der Waals surface area contributed by atoms with Gasteiger partial charge in [-0.2, -0.15) is 4.99 Å². The molecule has 0 aliphatic heterocycles. The third-order valence-electron chi connectivity index (χ3n) is 0.819. The topological polar surface area (TPSA) is 81.8 Å². The fourth-order valence-electron chi connectivity index (χ4n) is 0.395. The van der Waals surface area contributed by atoms with Gasteiger partial charge in [0, 0.05) is 0 Å². The highest BCUT2D eigenvalue weighted by atomic mass is 16.6. The number of isocyanates is 1. The van der Waals surface area contributed by atoms with Crippen LogP contribution in [0.1, 0.15) is 6.92 Å². The van der Waals surface area contributed by atoms with Crippen molar-refractivity contribution in [2.24, 2.45) is 10.7 Å². The first-order chi connectivity index (χ1) is 5.07. The summed E-state index contributed by atoms with van der Waals surface area (Å²) >= 11 is 0. The zero-order valence-corrected chi connectivity index (χ0v) is 6.03. The summed E-state index contributed by atoms with van der Waals surface area (Å²) in [5.74, 6) is 0. The summed E-state index contributed by atoms with van der Waals surface area (Å²) in [4.78, 5) is 23.0. The zero-order valence-electron chi connectivity index (χ0n) is 6.03. The van der Waals surface area contributed by atoms with Crippen molar-refractivity contribution in [2.75, 3.05) is 0 Å². The van der Waals surface area contributed by atoms with Crippen molar-refractivity contribution in [2.45, 2.75) is 13.2 Å². The van der Waals surface area contributed by atoms with E-state index in [1.165, 1.54) is 6.08 Å². The number of nitrogens with zero attached hydrogens (tertiary/aromatic N) is 1. The molecule has 1 amide bonds. The average molecular weight is 156 g/mol. The van der Waals surface area contributed by atoms with E-state index in [9.17, 15) is 9.59 Å². The molecule has 0 bridgehead atoms. The number of carbonyl (C=O) groups excluding carboxylic acids is 2. The maximum Gasteiger partial charge on any atom is 0.406 e. The maximum atomic E-state index is 10.2. The summed E-state index contributed by atoms with van der Waals surface area (Å²) in [6.07, 6.45) is -0.776. The van der Waals surface area contributed by atoms with Gasteiger partial charge in [-0.05, 0) is 12.5 Å². The Morgan fingerprint density at radius 1 is 1.82 bits per heavy atom. The number of carbonyl (C=O) groups is 1. The van der Waals surface area contributed by atoms with Crippen molar-refractivity contribution >= 4 is 12.2 Å². The summed E-state index contributed by atoms with van der Waals surface area (Å²) in [7, 11) is 0. The van der Waals surface area contributed by atoms with E-state index in [1.807, 2.05) is 0 Å². The predicted molar refractivity (Wildman–Crippen MR) is 37.4 cm³/mol. The SMILES string of the molecule is C=C(C)C(N=C=O)OC(N)=O. The molecule has 0 aromatic rings. The first kappa shape index (κ1) is 9.39. The van der Waals surface area contributed by atoms with Crippen LogP contribution in [0.5, 0.6) is 0 Å². The molecular formula is C6H8N2O3. The van der Waals surface area contributed by atoms with Gasteiger partial charge in [-0.25, -0.2) is 9.59 Å². The summed E-state index contributed by atoms with van der Waals surface area (Å²) in [6.45, 7) is 4.97.